The van der Waals surface area contributed by atoms with Crippen molar-refractivity contribution in [3.05, 3.63) is 0 Å². The Bertz CT molecular complexity index is 128. The Kier molecular flexibility index (Phi) is 1.97. The highest BCUT2D eigenvalue weighted by atomic mass is 32.2. The maximum Gasteiger partial charge on any atom is 0.261 e. The van der Waals surface area contributed by atoms with Crippen LogP contribution in [0, 0.1) is 0 Å². The van der Waals surface area contributed by atoms with E-state index in [2.05, 4.69) is 4.72 Å². The lowest BCUT2D eigenvalue weighted by molar-refractivity contribution is -0.119. The molecule has 1 fully saturated rings. The van der Waals surface area contributed by atoms with Crippen LogP contribution in [-0.4, -0.2) is 15.7 Å². The van der Waals surface area contributed by atoms with E-state index in [0.29, 0.717) is 6.42 Å². The molecule has 1 aliphatic rings. The second-order valence-electron chi connectivity index (χ2n) is 2.17. The van der Waals surface area contributed by atoms with Gasteiger partial charge >= 0.3 is 0 Å². The summed E-state index contributed by atoms with van der Waals surface area (Å²) in [4.78, 5) is 10.5. The Morgan fingerprint density at radius 1 is 1.89 bits per heavy atom. The van der Waals surface area contributed by atoms with E-state index < -0.39 is 11.4 Å². The summed E-state index contributed by atoms with van der Waals surface area (Å²) in [5, 5.41) is 0.127. The molecule has 2 unspecified atom stereocenters. The van der Waals surface area contributed by atoms with Gasteiger partial charge in [0.25, 0.3) is 5.91 Å². The van der Waals surface area contributed by atoms with Gasteiger partial charge in [-0.25, -0.2) is 0 Å². The molecule has 0 aromatic heterocycles. The summed E-state index contributed by atoms with van der Waals surface area (Å²) in [6.45, 7) is 1.87. The Labute approximate surface area is 57.1 Å². The Hall–Kier alpha value is -0.220. The van der Waals surface area contributed by atoms with Crippen molar-refractivity contribution in [2.75, 3.05) is 0 Å². The predicted molar refractivity (Wildman–Crippen MR) is 35.0 cm³/mol. The molecule has 0 bridgehead atoms. The van der Waals surface area contributed by atoms with Crippen LogP contribution < -0.4 is 4.72 Å². The third-order valence-corrected chi connectivity index (χ3v) is 2.75. The Morgan fingerprint density at radius 3 is 3.00 bits per heavy atom. The zero-order valence-corrected chi connectivity index (χ0v) is 6.03. The molecule has 1 amide bonds. The van der Waals surface area contributed by atoms with Crippen molar-refractivity contribution in [2.45, 2.75) is 25.0 Å². The number of amides is 1. The van der Waals surface area contributed by atoms with Gasteiger partial charge in [0.05, 0.1) is 11.4 Å². The zero-order valence-electron chi connectivity index (χ0n) is 5.22. The molecule has 9 heavy (non-hydrogen) atoms. The average Bonchev–Trinajstić information content (AvgIpc) is 1.80. The van der Waals surface area contributed by atoms with Crippen molar-refractivity contribution in [1.29, 1.82) is 0 Å². The van der Waals surface area contributed by atoms with Crippen LogP contribution in [0.1, 0.15) is 19.8 Å². The molecule has 1 heterocycles. The number of carbonyl (C=O) groups is 1. The van der Waals surface area contributed by atoms with E-state index >= 15 is 0 Å². The van der Waals surface area contributed by atoms with Gasteiger partial charge in [-0.05, 0) is 6.92 Å². The fourth-order valence-electron chi connectivity index (χ4n) is 0.705. The molecule has 0 aromatic carbocycles. The Morgan fingerprint density at radius 2 is 2.56 bits per heavy atom. The van der Waals surface area contributed by atoms with Crippen molar-refractivity contribution >= 4 is 17.3 Å². The van der Waals surface area contributed by atoms with Crippen molar-refractivity contribution in [2.24, 2.45) is 0 Å². The van der Waals surface area contributed by atoms with Gasteiger partial charge in [-0.2, -0.15) is 4.72 Å². The van der Waals surface area contributed by atoms with Crippen molar-refractivity contribution < 1.29 is 9.35 Å². The van der Waals surface area contributed by atoms with Gasteiger partial charge in [0.2, 0.25) is 0 Å². The molecule has 1 saturated heterocycles. The van der Waals surface area contributed by atoms with E-state index in [0.717, 1.165) is 6.42 Å². The van der Waals surface area contributed by atoms with Gasteiger partial charge in [-0.3, -0.25) is 4.79 Å². The summed E-state index contributed by atoms with van der Waals surface area (Å²) in [6, 6.07) is 0. The van der Waals surface area contributed by atoms with Gasteiger partial charge in [0.1, 0.15) is 5.25 Å². The van der Waals surface area contributed by atoms with E-state index in [1.165, 1.54) is 0 Å². The fourth-order valence-corrected chi connectivity index (χ4v) is 1.56. The minimum Gasteiger partial charge on any atom is -0.593 e. The molecule has 2 atom stereocenters. The molecule has 1 rings (SSSR count). The van der Waals surface area contributed by atoms with Gasteiger partial charge in [0.15, 0.2) is 0 Å². The largest absolute Gasteiger partial charge is 0.593 e. The molecule has 4 heteroatoms. The van der Waals surface area contributed by atoms with E-state index in [9.17, 15) is 9.35 Å². The number of rotatable bonds is 0. The number of hydrogen-bond acceptors (Lipinski definition) is 2. The van der Waals surface area contributed by atoms with E-state index in [4.69, 9.17) is 0 Å². The summed E-state index contributed by atoms with van der Waals surface area (Å²) in [5.41, 5.74) is 0. The van der Waals surface area contributed by atoms with Crippen molar-refractivity contribution in [1.82, 2.24) is 4.72 Å². The first-order valence-electron chi connectivity index (χ1n) is 2.90. The van der Waals surface area contributed by atoms with Gasteiger partial charge in [0, 0.05) is 12.8 Å². The molecule has 0 aromatic rings. The van der Waals surface area contributed by atoms with Crippen LogP contribution in [0.3, 0.4) is 0 Å². The van der Waals surface area contributed by atoms with Crippen LogP contribution in [0.2, 0.25) is 0 Å². The van der Waals surface area contributed by atoms with Crippen molar-refractivity contribution in [3.8, 4) is 0 Å². The van der Waals surface area contributed by atoms with Gasteiger partial charge < -0.3 is 4.55 Å². The zero-order chi connectivity index (χ0) is 6.85. The number of hydrogen-bond donors (Lipinski definition) is 1. The van der Waals surface area contributed by atoms with E-state index in [1.807, 2.05) is 6.92 Å². The van der Waals surface area contributed by atoms with E-state index in [1.54, 1.807) is 0 Å². The number of carbonyl (C=O) groups excluding carboxylic acids is 1. The normalized spacial score (nSPS) is 36.0. The maximum atomic E-state index is 10.8. The van der Waals surface area contributed by atoms with Crippen LogP contribution in [0.5, 0.6) is 0 Å². The predicted octanol–water partition coefficient (Wildman–Crippen LogP) is -0.0514. The monoisotopic (exact) mass is 147 g/mol. The summed E-state index contributed by atoms with van der Waals surface area (Å²) in [5.74, 6) is -0.0913. The lowest BCUT2D eigenvalue weighted by Gasteiger charge is -2.21. The highest BCUT2D eigenvalue weighted by molar-refractivity contribution is 7.90. The average molecular weight is 147 g/mol. The van der Waals surface area contributed by atoms with Crippen LogP contribution in [0.25, 0.3) is 0 Å². The lowest BCUT2D eigenvalue weighted by atomic mass is 10.2. The van der Waals surface area contributed by atoms with Gasteiger partial charge in [-0.15, -0.1) is 0 Å². The fraction of sp³-hybridized carbons (Fsp3) is 0.800. The molecule has 0 aliphatic carbocycles. The molecular weight excluding hydrogens is 138 g/mol. The van der Waals surface area contributed by atoms with Crippen molar-refractivity contribution in [3.63, 3.8) is 0 Å². The quantitative estimate of drug-likeness (QED) is 0.488. The second kappa shape index (κ2) is 2.58. The van der Waals surface area contributed by atoms with E-state index in [-0.39, 0.29) is 11.2 Å². The highest BCUT2D eigenvalue weighted by Crippen LogP contribution is 2.11. The standard InChI is InChI=1S/C5H9NO2S/c1-4-2-3-5(7)6-9(4)8/h4H,2-3H2,1H3,(H,6,7). The summed E-state index contributed by atoms with van der Waals surface area (Å²) < 4.78 is 13.1. The third kappa shape index (κ3) is 1.59. The SMILES string of the molecule is CC1CCC(=O)N[S+]1[O-]. The summed E-state index contributed by atoms with van der Waals surface area (Å²) in [7, 11) is 0. The molecule has 0 radical (unpaired) electrons. The summed E-state index contributed by atoms with van der Waals surface area (Å²) in [6.07, 6.45) is 1.27. The van der Waals surface area contributed by atoms with Crippen LogP contribution in [0.4, 0.5) is 0 Å². The molecule has 52 valence electrons. The van der Waals surface area contributed by atoms with Crippen LogP contribution in [0.15, 0.2) is 0 Å². The van der Waals surface area contributed by atoms with Crippen LogP contribution in [-0.2, 0) is 16.2 Å². The maximum absolute atomic E-state index is 10.8. The minimum absolute atomic E-state index is 0.0913. The highest BCUT2D eigenvalue weighted by Gasteiger charge is 2.26. The molecule has 0 spiro atoms. The number of nitrogens with one attached hydrogen (secondary N) is 1. The third-order valence-electron chi connectivity index (χ3n) is 1.36. The molecule has 1 N–H and O–H groups in total. The minimum atomic E-state index is -1.11. The van der Waals surface area contributed by atoms with Crippen LogP contribution >= 0.6 is 0 Å². The first-order chi connectivity index (χ1) is 4.20. The topological polar surface area (TPSA) is 52.2 Å². The second-order valence-corrected chi connectivity index (χ2v) is 3.78. The summed E-state index contributed by atoms with van der Waals surface area (Å²) >= 11 is -1.11. The molecular formula is C5H9NO2S. The molecule has 0 saturated carbocycles. The lowest BCUT2D eigenvalue weighted by Crippen LogP contribution is -2.41. The Balaban J connectivity index is 2.44. The molecule has 3 nitrogen and oxygen atoms in total. The molecule has 1 aliphatic heterocycles. The first kappa shape index (κ1) is 6.89. The first-order valence-corrected chi connectivity index (χ1v) is 4.11. The smallest absolute Gasteiger partial charge is 0.261 e. The van der Waals surface area contributed by atoms with Gasteiger partial charge in [-0.1, -0.05) is 0 Å².